The van der Waals surface area contributed by atoms with E-state index in [1.165, 1.54) is 16.5 Å². The summed E-state index contributed by atoms with van der Waals surface area (Å²) in [6.45, 7) is 1.46. The summed E-state index contributed by atoms with van der Waals surface area (Å²) in [6, 6.07) is 16.1. The van der Waals surface area contributed by atoms with Gasteiger partial charge in [0.25, 0.3) is 0 Å². The van der Waals surface area contributed by atoms with Crippen LogP contribution in [0.5, 0.6) is 0 Å². The zero-order valence-electron chi connectivity index (χ0n) is 15.7. The molecule has 2 aromatic carbocycles. The van der Waals surface area contributed by atoms with Gasteiger partial charge in [-0.1, -0.05) is 29.8 Å². The zero-order valence-corrected chi connectivity index (χ0v) is 16.4. The van der Waals surface area contributed by atoms with E-state index in [1.54, 1.807) is 7.05 Å². The molecule has 0 unspecified atom stereocenters. The van der Waals surface area contributed by atoms with Crippen LogP contribution < -0.4 is 10.6 Å². The minimum absolute atomic E-state index is 0.686. The number of H-pyrrole nitrogens is 1. The van der Waals surface area contributed by atoms with E-state index in [4.69, 9.17) is 11.6 Å². The monoisotopic (exact) mass is 391 g/mol. The summed E-state index contributed by atoms with van der Waals surface area (Å²) in [5, 5.41) is 9.84. The molecule has 0 aliphatic rings. The summed E-state index contributed by atoms with van der Waals surface area (Å²) < 4.78 is 0. The van der Waals surface area contributed by atoms with Crippen LogP contribution in [-0.4, -0.2) is 29.5 Å². The maximum Gasteiger partial charge on any atom is 0.191 e. The number of hydrogen-bond acceptors (Lipinski definition) is 2. The van der Waals surface area contributed by atoms with Gasteiger partial charge in [-0.25, -0.2) is 0 Å². The number of guanidine groups is 1. The number of aromatic amines is 1. The number of halogens is 1. The summed E-state index contributed by atoms with van der Waals surface area (Å²) >= 11 is 6.13. The van der Waals surface area contributed by atoms with Crippen molar-refractivity contribution in [1.29, 1.82) is 0 Å². The highest BCUT2D eigenvalue weighted by atomic mass is 35.5. The first kappa shape index (κ1) is 18.3. The Labute approximate surface area is 168 Å². The standard InChI is InChI=1S/C22H22ClN5/c1-24-22(28-14-15-8-10-25-20-5-3-2-4-18(15)20)26-11-9-16-13-27-21-7-6-17(23)12-19(16)21/h2-8,10,12-13,27H,9,11,14H2,1H3,(H2,24,26,28). The van der Waals surface area contributed by atoms with Crippen molar-refractivity contribution in [1.82, 2.24) is 20.6 Å². The zero-order chi connectivity index (χ0) is 19.3. The number of hydrogen-bond donors (Lipinski definition) is 3. The summed E-state index contributed by atoms with van der Waals surface area (Å²) in [5.74, 6) is 0.777. The Balaban J connectivity index is 1.36. The molecule has 0 aliphatic heterocycles. The normalized spacial score (nSPS) is 11.9. The fourth-order valence-corrected chi connectivity index (χ4v) is 3.55. The number of benzene rings is 2. The van der Waals surface area contributed by atoms with Crippen LogP contribution >= 0.6 is 11.6 Å². The average molecular weight is 392 g/mol. The highest BCUT2D eigenvalue weighted by molar-refractivity contribution is 6.31. The number of pyridine rings is 1. The van der Waals surface area contributed by atoms with Crippen molar-refractivity contribution in [3.05, 3.63) is 77.1 Å². The Hall–Kier alpha value is -3.05. The summed E-state index contributed by atoms with van der Waals surface area (Å²) in [4.78, 5) is 12.0. The maximum absolute atomic E-state index is 6.13. The topological polar surface area (TPSA) is 65.1 Å². The van der Waals surface area contributed by atoms with Gasteiger partial charge in [-0.3, -0.25) is 9.98 Å². The number of nitrogens with zero attached hydrogens (tertiary/aromatic N) is 2. The molecule has 0 spiro atoms. The van der Waals surface area contributed by atoms with Crippen LogP contribution in [0.15, 0.2) is 65.9 Å². The molecule has 2 heterocycles. The largest absolute Gasteiger partial charge is 0.361 e. The van der Waals surface area contributed by atoms with Gasteiger partial charge in [0.05, 0.1) is 5.52 Å². The Bertz CT molecular complexity index is 1130. The molecule has 5 nitrogen and oxygen atoms in total. The molecule has 0 bridgehead atoms. The van der Waals surface area contributed by atoms with Crippen molar-refractivity contribution < 1.29 is 0 Å². The number of aromatic nitrogens is 2. The van der Waals surface area contributed by atoms with Gasteiger partial charge in [0.15, 0.2) is 5.96 Å². The molecule has 2 aromatic heterocycles. The van der Waals surface area contributed by atoms with Gasteiger partial charge >= 0.3 is 0 Å². The maximum atomic E-state index is 6.13. The first-order valence-electron chi connectivity index (χ1n) is 9.27. The lowest BCUT2D eigenvalue weighted by Crippen LogP contribution is -2.37. The molecule has 0 radical (unpaired) electrons. The lowest BCUT2D eigenvalue weighted by Gasteiger charge is -2.13. The number of rotatable bonds is 5. The second kappa shape index (κ2) is 8.31. The van der Waals surface area contributed by atoms with Crippen molar-refractivity contribution in [2.45, 2.75) is 13.0 Å². The van der Waals surface area contributed by atoms with Crippen molar-refractivity contribution in [3.8, 4) is 0 Å². The highest BCUT2D eigenvalue weighted by Crippen LogP contribution is 2.22. The van der Waals surface area contributed by atoms with Crippen LogP contribution in [-0.2, 0) is 13.0 Å². The third-order valence-electron chi connectivity index (χ3n) is 4.83. The predicted octanol–water partition coefficient (Wildman–Crippen LogP) is 4.28. The molecular formula is C22H22ClN5. The van der Waals surface area contributed by atoms with E-state index in [1.807, 2.05) is 54.9 Å². The van der Waals surface area contributed by atoms with Crippen molar-refractivity contribution >= 4 is 39.4 Å². The quantitative estimate of drug-likeness (QED) is 0.351. The fourth-order valence-electron chi connectivity index (χ4n) is 3.38. The number of fused-ring (bicyclic) bond motifs is 2. The van der Waals surface area contributed by atoms with E-state index < -0.39 is 0 Å². The molecule has 0 amide bonds. The van der Waals surface area contributed by atoms with Gasteiger partial charge < -0.3 is 15.6 Å². The molecule has 0 saturated carbocycles. The van der Waals surface area contributed by atoms with Crippen LogP contribution in [0.25, 0.3) is 21.8 Å². The first-order valence-corrected chi connectivity index (χ1v) is 9.65. The Morgan fingerprint density at radius 3 is 2.86 bits per heavy atom. The number of aliphatic imine (C=N–C) groups is 1. The van der Waals surface area contributed by atoms with Gasteiger partial charge in [-0.15, -0.1) is 0 Å². The van der Waals surface area contributed by atoms with Crippen LogP contribution in [0.3, 0.4) is 0 Å². The molecule has 142 valence electrons. The predicted molar refractivity (Wildman–Crippen MR) is 117 cm³/mol. The third kappa shape index (κ3) is 3.94. The van der Waals surface area contributed by atoms with E-state index >= 15 is 0 Å². The molecule has 4 rings (SSSR count). The SMILES string of the molecule is CN=C(NCCc1c[nH]c2ccc(Cl)cc12)NCc1ccnc2ccccc12. The fraction of sp³-hybridized carbons (Fsp3) is 0.182. The smallest absolute Gasteiger partial charge is 0.191 e. The molecule has 6 heteroatoms. The van der Waals surface area contributed by atoms with Gasteiger partial charge in [-0.2, -0.15) is 0 Å². The third-order valence-corrected chi connectivity index (χ3v) is 5.06. The molecule has 0 atom stereocenters. The van der Waals surface area contributed by atoms with Gasteiger partial charge in [0, 0.05) is 53.8 Å². The first-order chi connectivity index (χ1) is 13.7. The molecule has 0 saturated heterocycles. The van der Waals surface area contributed by atoms with Crippen LogP contribution in [0.2, 0.25) is 5.02 Å². The molecule has 4 aromatic rings. The summed E-state index contributed by atoms with van der Waals surface area (Å²) in [6.07, 6.45) is 4.76. The molecule has 3 N–H and O–H groups in total. The second-order valence-corrected chi connectivity index (χ2v) is 7.03. The molecule has 28 heavy (non-hydrogen) atoms. The number of nitrogens with one attached hydrogen (secondary N) is 3. The average Bonchev–Trinajstić information content (AvgIpc) is 3.12. The van der Waals surface area contributed by atoms with Crippen molar-refractivity contribution in [3.63, 3.8) is 0 Å². The van der Waals surface area contributed by atoms with E-state index in [0.717, 1.165) is 40.4 Å². The molecule has 0 aliphatic carbocycles. The summed E-state index contributed by atoms with van der Waals surface area (Å²) in [7, 11) is 1.78. The lowest BCUT2D eigenvalue weighted by atomic mass is 10.1. The molecular weight excluding hydrogens is 370 g/mol. The van der Waals surface area contributed by atoms with E-state index in [9.17, 15) is 0 Å². The minimum atomic E-state index is 0.686. The Morgan fingerprint density at radius 1 is 1.07 bits per heavy atom. The van der Waals surface area contributed by atoms with E-state index in [0.29, 0.717) is 6.54 Å². The Morgan fingerprint density at radius 2 is 1.96 bits per heavy atom. The van der Waals surface area contributed by atoms with Crippen molar-refractivity contribution in [2.75, 3.05) is 13.6 Å². The van der Waals surface area contributed by atoms with Gasteiger partial charge in [0.1, 0.15) is 0 Å². The van der Waals surface area contributed by atoms with Crippen molar-refractivity contribution in [2.24, 2.45) is 4.99 Å². The van der Waals surface area contributed by atoms with Crippen LogP contribution in [0.1, 0.15) is 11.1 Å². The van der Waals surface area contributed by atoms with E-state index in [2.05, 4.69) is 31.7 Å². The lowest BCUT2D eigenvalue weighted by molar-refractivity contribution is 0.798. The van der Waals surface area contributed by atoms with Gasteiger partial charge in [0.2, 0.25) is 0 Å². The molecule has 0 fully saturated rings. The minimum Gasteiger partial charge on any atom is -0.361 e. The second-order valence-electron chi connectivity index (χ2n) is 6.59. The van der Waals surface area contributed by atoms with Crippen LogP contribution in [0, 0.1) is 0 Å². The highest BCUT2D eigenvalue weighted by Gasteiger charge is 2.06. The van der Waals surface area contributed by atoms with Crippen LogP contribution in [0.4, 0.5) is 0 Å². The summed E-state index contributed by atoms with van der Waals surface area (Å²) in [5.41, 5.74) is 4.54. The van der Waals surface area contributed by atoms with E-state index in [-0.39, 0.29) is 0 Å². The number of para-hydroxylation sites is 1. The van der Waals surface area contributed by atoms with Gasteiger partial charge in [-0.05, 0) is 47.9 Å². The Kier molecular flexibility index (Phi) is 5.44.